The maximum Gasteiger partial charge on any atom is 0.0699 e. The van der Waals surface area contributed by atoms with E-state index in [9.17, 15) is 0 Å². The van der Waals surface area contributed by atoms with Crippen LogP contribution in [0.25, 0.3) is 0 Å². The lowest BCUT2D eigenvalue weighted by Gasteiger charge is -2.22. The summed E-state index contributed by atoms with van der Waals surface area (Å²) in [6.45, 7) is 28.7. The number of aromatic amines is 3. The first-order valence-electron chi connectivity index (χ1n) is 22.8. The predicted octanol–water partition coefficient (Wildman–Crippen LogP) is 17.2. The molecule has 0 aliphatic heterocycles. The molecule has 0 aliphatic carbocycles. The van der Waals surface area contributed by atoms with Gasteiger partial charge in [-0.3, -0.25) is 19.9 Å². The van der Waals surface area contributed by atoms with Gasteiger partial charge in [-0.1, -0.05) is 138 Å². The van der Waals surface area contributed by atoms with Gasteiger partial charge in [0.2, 0.25) is 0 Å². The number of halogens is 3. The third-order valence-corrected chi connectivity index (χ3v) is 13.9. The van der Waals surface area contributed by atoms with Crippen molar-refractivity contribution >= 4 is 83.5 Å². The van der Waals surface area contributed by atoms with Crippen molar-refractivity contribution in [3.05, 3.63) is 154 Å². The van der Waals surface area contributed by atoms with E-state index in [-0.39, 0.29) is 0 Å². The van der Waals surface area contributed by atoms with E-state index in [2.05, 4.69) is 224 Å². The molecule has 338 valence electrons. The molecule has 3 aromatic heterocycles. The van der Waals surface area contributed by atoms with Gasteiger partial charge in [0.25, 0.3) is 0 Å². The van der Waals surface area contributed by atoms with E-state index in [1.807, 2.05) is 18.6 Å². The monoisotopic (exact) mass is 1050 g/mol. The Balaban J connectivity index is 1.33. The van der Waals surface area contributed by atoms with Gasteiger partial charge in [0, 0.05) is 50.1 Å². The minimum absolute atomic E-state index is 0.366. The fourth-order valence-corrected chi connectivity index (χ4v) is 9.67. The van der Waals surface area contributed by atoms with Crippen LogP contribution in [-0.2, 0) is 19.6 Å². The third kappa shape index (κ3) is 12.0. The Morgan fingerprint density at radius 1 is 0.406 bits per heavy atom. The minimum atomic E-state index is 0.366. The molecule has 0 amide bonds. The summed E-state index contributed by atoms with van der Waals surface area (Å²) < 4.78 is 3.02. The molecular formula is C54H66Br3N7. The maximum absolute atomic E-state index is 5.12. The standard InChI is InChI=1S/C54H66Br3N7/c1-31(2)40-16-13-17-41(32(3)4)52(40)58-25-37-22-46(55)49(61-37)28-64(29-50-47(56)23-38(62-50)26-59-53-42(33(5)6)18-14-19-43(53)34(7)8)30-51-48(57)24-39(63-51)27-60-54-44(35(9)10)20-15-21-45(54)36(11)12/h13-27,31-36,61-63H,28-30H2,1-12H3. The van der Waals surface area contributed by atoms with Gasteiger partial charge in [-0.2, -0.15) is 0 Å². The summed E-state index contributed by atoms with van der Waals surface area (Å²) >= 11 is 11.7. The number of aliphatic imine (C=N–C) groups is 3. The van der Waals surface area contributed by atoms with Crippen LogP contribution in [0.1, 0.15) is 186 Å². The average molecular weight is 1050 g/mol. The average Bonchev–Trinajstić information content (AvgIpc) is 3.90. The van der Waals surface area contributed by atoms with Crippen molar-refractivity contribution in [1.82, 2.24) is 19.9 Å². The maximum atomic E-state index is 5.12. The second kappa shape index (κ2) is 21.9. The van der Waals surface area contributed by atoms with Gasteiger partial charge >= 0.3 is 0 Å². The Bertz CT molecular complexity index is 2250. The smallest absolute Gasteiger partial charge is 0.0699 e. The molecule has 0 saturated carbocycles. The first kappa shape index (κ1) is 49.3. The van der Waals surface area contributed by atoms with E-state index in [1.165, 1.54) is 33.4 Å². The number of hydrogen-bond donors (Lipinski definition) is 3. The van der Waals surface area contributed by atoms with Gasteiger partial charge in [0.1, 0.15) is 0 Å². The van der Waals surface area contributed by atoms with Crippen LogP contribution in [-0.4, -0.2) is 38.5 Å². The zero-order chi connectivity index (χ0) is 46.4. The molecule has 0 saturated heterocycles. The highest BCUT2D eigenvalue weighted by atomic mass is 79.9. The number of nitrogens with one attached hydrogen (secondary N) is 3. The zero-order valence-corrected chi connectivity index (χ0v) is 44.4. The van der Waals surface area contributed by atoms with E-state index in [0.717, 1.165) is 64.6 Å². The summed E-state index contributed by atoms with van der Waals surface area (Å²) in [7, 11) is 0. The highest BCUT2D eigenvalue weighted by Gasteiger charge is 2.20. The molecule has 0 atom stereocenters. The first-order valence-corrected chi connectivity index (χ1v) is 25.1. The van der Waals surface area contributed by atoms with E-state index in [4.69, 9.17) is 15.0 Å². The van der Waals surface area contributed by atoms with Crippen LogP contribution in [0.3, 0.4) is 0 Å². The Hall–Kier alpha value is -4.09. The Morgan fingerprint density at radius 3 is 0.828 bits per heavy atom. The molecular weight excluding hydrogens is 986 g/mol. The minimum Gasteiger partial charge on any atom is -0.356 e. The molecule has 3 N–H and O–H groups in total. The molecule has 0 bridgehead atoms. The highest BCUT2D eigenvalue weighted by molar-refractivity contribution is 9.11. The van der Waals surface area contributed by atoms with Gasteiger partial charge in [0.15, 0.2) is 0 Å². The van der Waals surface area contributed by atoms with Crippen molar-refractivity contribution in [2.45, 2.75) is 138 Å². The van der Waals surface area contributed by atoms with E-state index >= 15 is 0 Å². The van der Waals surface area contributed by atoms with Gasteiger partial charge in [-0.25, -0.2) is 0 Å². The third-order valence-electron chi connectivity index (χ3n) is 11.8. The lowest BCUT2D eigenvalue weighted by atomic mass is 9.93. The SMILES string of the molecule is CC(C)c1cccc(C(C)C)c1N=Cc1cc(Br)c(CN(Cc2[nH]c(C=Nc3c(C(C)C)cccc3C(C)C)cc2Br)Cc2[nH]c(C=Nc3c(C(C)C)cccc3C(C)C)cc2Br)[nH]1. The molecule has 0 unspecified atom stereocenters. The van der Waals surface area contributed by atoms with Crippen LogP contribution in [0.4, 0.5) is 17.1 Å². The molecule has 0 fully saturated rings. The molecule has 7 nitrogen and oxygen atoms in total. The van der Waals surface area contributed by atoms with Crippen LogP contribution in [0.2, 0.25) is 0 Å². The number of H-pyrrole nitrogens is 3. The van der Waals surface area contributed by atoms with Crippen molar-refractivity contribution in [3.8, 4) is 0 Å². The van der Waals surface area contributed by atoms with E-state index < -0.39 is 0 Å². The first-order chi connectivity index (χ1) is 30.4. The summed E-state index contributed by atoms with van der Waals surface area (Å²) in [5, 5.41) is 0. The summed E-state index contributed by atoms with van der Waals surface area (Å²) in [5.41, 5.74) is 16.8. The summed E-state index contributed by atoms with van der Waals surface area (Å²) in [5.74, 6) is 2.20. The van der Waals surface area contributed by atoms with Gasteiger partial charge in [-0.05, 0) is 135 Å². The summed E-state index contributed by atoms with van der Waals surface area (Å²) in [6, 6.07) is 26.0. The Labute approximate surface area is 407 Å². The number of aromatic nitrogens is 3. The number of rotatable bonds is 18. The lowest BCUT2D eigenvalue weighted by molar-refractivity contribution is 0.238. The largest absolute Gasteiger partial charge is 0.356 e. The van der Waals surface area contributed by atoms with Gasteiger partial charge in [0.05, 0.1) is 52.8 Å². The molecule has 0 radical (unpaired) electrons. The Morgan fingerprint density at radius 2 is 0.625 bits per heavy atom. The molecule has 6 rings (SSSR count). The zero-order valence-electron chi connectivity index (χ0n) is 39.7. The molecule has 64 heavy (non-hydrogen) atoms. The van der Waals surface area contributed by atoms with E-state index in [0.29, 0.717) is 55.1 Å². The predicted molar refractivity (Wildman–Crippen MR) is 284 cm³/mol. The van der Waals surface area contributed by atoms with Crippen molar-refractivity contribution in [2.24, 2.45) is 15.0 Å². The second-order valence-corrected chi connectivity index (χ2v) is 21.4. The van der Waals surface area contributed by atoms with Crippen LogP contribution < -0.4 is 0 Å². The summed E-state index contributed by atoms with van der Waals surface area (Å²) in [6.07, 6.45) is 5.91. The normalized spacial score (nSPS) is 12.7. The van der Waals surface area contributed by atoms with Crippen molar-refractivity contribution < 1.29 is 0 Å². The molecule has 0 aliphatic rings. The van der Waals surface area contributed by atoms with Crippen molar-refractivity contribution in [2.75, 3.05) is 0 Å². The number of para-hydroxylation sites is 3. The quantitative estimate of drug-likeness (QED) is 0.0736. The summed E-state index contributed by atoms with van der Waals surface area (Å²) in [4.78, 5) is 28.9. The topological polar surface area (TPSA) is 87.7 Å². The lowest BCUT2D eigenvalue weighted by Crippen LogP contribution is -2.23. The van der Waals surface area contributed by atoms with Crippen molar-refractivity contribution in [1.29, 1.82) is 0 Å². The van der Waals surface area contributed by atoms with Gasteiger partial charge < -0.3 is 15.0 Å². The molecule has 10 heteroatoms. The fourth-order valence-electron chi connectivity index (χ4n) is 8.26. The molecule has 3 heterocycles. The second-order valence-electron chi connectivity index (χ2n) is 18.9. The molecule has 6 aromatic rings. The molecule has 3 aromatic carbocycles. The Kier molecular flexibility index (Phi) is 16.9. The van der Waals surface area contributed by atoms with Gasteiger partial charge in [-0.15, -0.1) is 0 Å². The highest BCUT2D eigenvalue weighted by Crippen LogP contribution is 2.38. The van der Waals surface area contributed by atoms with E-state index in [1.54, 1.807) is 0 Å². The number of benzene rings is 3. The number of hydrogen-bond acceptors (Lipinski definition) is 4. The number of nitrogens with zero attached hydrogens (tertiary/aromatic N) is 4. The molecule has 0 spiro atoms. The van der Waals surface area contributed by atoms with Crippen molar-refractivity contribution in [3.63, 3.8) is 0 Å². The fraction of sp³-hybridized carbons (Fsp3) is 0.389. The van der Waals surface area contributed by atoms with Crippen LogP contribution >= 0.6 is 47.8 Å². The van der Waals surface area contributed by atoms with Crippen LogP contribution in [0, 0.1) is 0 Å². The van der Waals surface area contributed by atoms with Crippen LogP contribution in [0.15, 0.2) is 101 Å². The van der Waals surface area contributed by atoms with Crippen LogP contribution in [0.5, 0.6) is 0 Å².